The maximum Gasteiger partial charge on any atom is 0.234 e. The number of nitrogens with zero attached hydrogens (tertiary/aromatic N) is 2. The van der Waals surface area contributed by atoms with Crippen LogP contribution in [0.4, 0.5) is 0 Å². The minimum Gasteiger partial charge on any atom is -0.480 e. The largest absolute Gasteiger partial charge is 0.480 e. The summed E-state index contributed by atoms with van der Waals surface area (Å²) in [6, 6.07) is 1.97. The Morgan fingerprint density at radius 1 is 1.42 bits per heavy atom. The van der Waals surface area contributed by atoms with Gasteiger partial charge >= 0.3 is 0 Å². The lowest BCUT2D eigenvalue weighted by Crippen LogP contribution is -1.92. The Labute approximate surface area is 74.0 Å². The summed E-state index contributed by atoms with van der Waals surface area (Å²) in [6.07, 6.45) is 0. The molecule has 2 aromatic rings. The van der Waals surface area contributed by atoms with Crippen LogP contribution >= 0.6 is 11.3 Å². The van der Waals surface area contributed by atoms with Crippen LogP contribution in [0.25, 0.3) is 10.2 Å². The summed E-state index contributed by atoms with van der Waals surface area (Å²) in [5, 5.41) is 1.99. The minimum absolute atomic E-state index is 0.674. The van der Waals surface area contributed by atoms with Gasteiger partial charge in [-0.2, -0.15) is 4.98 Å². The fourth-order valence-corrected chi connectivity index (χ4v) is 1.88. The summed E-state index contributed by atoms with van der Waals surface area (Å²) in [5.74, 6) is 1.42. The van der Waals surface area contributed by atoms with E-state index in [1.807, 2.05) is 18.4 Å². The number of hydrogen-bond acceptors (Lipinski definition) is 4. The molecule has 0 saturated heterocycles. The van der Waals surface area contributed by atoms with Crippen LogP contribution in [0.5, 0.6) is 5.88 Å². The van der Waals surface area contributed by atoms with Gasteiger partial charge in [0.1, 0.15) is 10.5 Å². The van der Waals surface area contributed by atoms with E-state index in [4.69, 9.17) is 4.74 Å². The van der Waals surface area contributed by atoms with E-state index in [0.717, 1.165) is 16.0 Å². The second-order valence-corrected chi connectivity index (χ2v) is 3.33. The Morgan fingerprint density at radius 3 is 3.00 bits per heavy atom. The molecule has 0 fully saturated rings. The number of thiophene rings is 1. The fraction of sp³-hybridized carbons (Fsp3) is 0.250. The minimum atomic E-state index is 0.674. The molecule has 0 aliphatic carbocycles. The van der Waals surface area contributed by atoms with Crippen molar-refractivity contribution >= 4 is 21.6 Å². The third kappa shape index (κ3) is 1.04. The SMILES string of the molecule is COc1nc(C)nc2ccsc12. The third-order valence-electron chi connectivity index (χ3n) is 1.58. The molecule has 3 nitrogen and oxygen atoms in total. The van der Waals surface area contributed by atoms with Gasteiger partial charge in [-0.25, -0.2) is 4.98 Å². The van der Waals surface area contributed by atoms with Crippen molar-refractivity contribution in [1.82, 2.24) is 9.97 Å². The van der Waals surface area contributed by atoms with E-state index in [2.05, 4.69) is 9.97 Å². The lowest BCUT2D eigenvalue weighted by molar-refractivity contribution is 0.402. The molecule has 0 aliphatic heterocycles. The zero-order valence-electron chi connectivity index (χ0n) is 6.87. The Hall–Kier alpha value is -1.16. The normalized spacial score (nSPS) is 10.5. The van der Waals surface area contributed by atoms with Gasteiger partial charge in [0.15, 0.2) is 0 Å². The quantitative estimate of drug-likeness (QED) is 0.673. The Bertz CT molecular complexity index is 410. The van der Waals surface area contributed by atoms with Crippen molar-refractivity contribution in [2.45, 2.75) is 6.92 Å². The summed E-state index contributed by atoms with van der Waals surface area (Å²) in [5.41, 5.74) is 0.962. The number of hydrogen-bond donors (Lipinski definition) is 0. The van der Waals surface area contributed by atoms with Gasteiger partial charge < -0.3 is 4.74 Å². The molecule has 0 amide bonds. The molecule has 0 saturated carbocycles. The highest BCUT2D eigenvalue weighted by Crippen LogP contribution is 2.26. The molecule has 0 atom stereocenters. The lowest BCUT2D eigenvalue weighted by Gasteiger charge is -1.99. The molecule has 2 rings (SSSR count). The van der Waals surface area contributed by atoms with Gasteiger partial charge in [0, 0.05) is 0 Å². The average molecular weight is 180 g/mol. The first-order chi connectivity index (χ1) is 5.81. The molecule has 62 valence electrons. The Morgan fingerprint density at radius 2 is 2.25 bits per heavy atom. The lowest BCUT2D eigenvalue weighted by atomic mass is 10.4. The van der Waals surface area contributed by atoms with Crippen molar-refractivity contribution in [1.29, 1.82) is 0 Å². The zero-order valence-corrected chi connectivity index (χ0v) is 7.68. The third-order valence-corrected chi connectivity index (χ3v) is 2.47. The number of rotatable bonds is 1. The van der Waals surface area contributed by atoms with Gasteiger partial charge in [-0.15, -0.1) is 11.3 Å². The van der Waals surface area contributed by atoms with Gasteiger partial charge in [-0.3, -0.25) is 0 Å². The molecular formula is C8H8N2OS. The molecule has 2 heterocycles. The van der Waals surface area contributed by atoms with Crippen LogP contribution in [0.15, 0.2) is 11.4 Å². The van der Waals surface area contributed by atoms with Crippen LogP contribution in [0.2, 0.25) is 0 Å². The molecule has 0 aromatic carbocycles. The van der Waals surface area contributed by atoms with Crippen molar-refractivity contribution in [3.63, 3.8) is 0 Å². The van der Waals surface area contributed by atoms with Crippen LogP contribution in [0.1, 0.15) is 5.82 Å². The second kappa shape index (κ2) is 2.71. The van der Waals surface area contributed by atoms with E-state index in [1.165, 1.54) is 0 Å². The molecule has 0 spiro atoms. The van der Waals surface area contributed by atoms with Crippen LogP contribution < -0.4 is 4.74 Å². The summed E-state index contributed by atoms with van der Waals surface area (Å²) >= 11 is 1.60. The highest BCUT2D eigenvalue weighted by atomic mass is 32.1. The van der Waals surface area contributed by atoms with E-state index in [9.17, 15) is 0 Å². The van der Waals surface area contributed by atoms with E-state index < -0.39 is 0 Å². The standard InChI is InChI=1S/C8H8N2OS/c1-5-9-6-3-4-12-7(6)8(10-5)11-2/h3-4H,1-2H3. The van der Waals surface area contributed by atoms with Gasteiger partial charge in [0.25, 0.3) is 0 Å². The van der Waals surface area contributed by atoms with E-state index >= 15 is 0 Å². The van der Waals surface area contributed by atoms with Gasteiger partial charge in [0.2, 0.25) is 5.88 Å². The smallest absolute Gasteiger partial charge is 0.234 e. The Balaban J connectivity index is 2.80. The number of ether oxygens (including phenoxy) is 1. The molecule has 2 aromatic heterocycles. The van der Waals surface area contributed by atoms with Crippen molar-refractivity contribution in [3.05, 3.63) is 17.3 Å². The number of methoxy groups -OCH3 is 1. The first kappa shape index (κ1) is 7.49. The van der Waals surface area contributed by atoms with Crippen molar-refractivity contribution in [2.75, 3.05) is 7.11 Å². The topological polar surface area (TPSA) is 35.0 Å². The van der Waals surface area contributed by atoms with Crippen LogP contribution in [-0.2, 0) is 0 Å². The molecular weight excluding hydrogens is 172 g/mol. The van der Waals surface area contributed by atoms with E-state index in [0.29, 0.717) is 5.88 Å². The highest BCUT2D eigenvalue weighted by Gasteiger charge is 2.05. The van der Waals surface area contributed by atoms with Crippen molar-refractivity contribution in [3.8, 4) is 5.88 Å². The van der Waals surface area contributed by atoms with Gasteiger partial charge in [0.05, 0.1) is 12.6 Å². The summed E-state index contributed by atoms with van der Waals surface area (Å²) in [4.78, 5) is 8.43. The highest BCUT2D eigenvalue weighted by molar-refractivity contribution is 7.17. The predicted octanol–water partition coefficient (Wildman–Crippen LogP) is 2.01. The fourth-order valence-electron chi connectivity index (χ4n) is 1.09. The van der Waals surface area contributed by atoms with E-state index in [1.54, 1.807) is 18.4 Å². The predicted molar refractivity (Wildman–Crippen MR) is 48.7 cm³/mol. The summed E-state index contributed by atoms with van der Waals surface area (Å²) in [6.45, 7) is 1.86. The summed E-state index contributed by atoms with van der Waals surface area (Å²) in [7, 11) is 1.63. The van der Waals surface area contributed by atoms with E-state index in [-0.39, 0.29) is 0 Å². The van der Waals surface area contributed by atoms with Gasteiger partial charge in [-0.1, -0.05) is 0 Å². The molecule has 0 radical (unpaired) electrons. The maximum absolute atomic E-state index is 5.13. The molecule has 0 bridgehead atoms. The maximum atomic E-state index is 5.13. The summed E-state index contributed by atoms with van der Waals surface area (Å²) < 4.78 is 6.14. The number of aryl methyl sites for hydroxylation is 1. The molecule has 12 heavy (non-hydrogen) atoms. The molecule has 0 N–H and O–H groups in total. The molecule has 4 heteroatoms. The van der Waals surface area contributed by atoms with Crippen LogP contribution in [-0.4, -0.2) is 17.1 Å². The number of aromatic nitrogens is 2. The molecule has 0 unspecified atom stereocenters. The van der Waals surface area contributed by atoms with Gasteiger partial charge in [-0.05, 0) is 18.4 Å². The van der Waals surface area contributed by atoms with Crippen molar-refractivity contribution < 1.29 is 4.74 Å². The molecule has 0 aliphatic rings. The van der Waals surface area contributed by atoms with Crippen LogP contribution in [0.3, 0.4) is 0 Å². The zero-order chi connectivity index (χ0) is 8.55. The monoisotopic (exact) mass is 180 g/mol. The average Bonchev–Trinajstić information content (AvgIpc) is 2.50. The number of fused-ring (bicyclic) bond motifs is 1. The second-order valence-electron chi connectivity index (χ2n) is 2.42. The first-order valence-electron chi connectivity index (χ1n) is 3.57. The van der Waals surface area contributed by atoms with Crippen molar-refractivity contribution in [2.24, 2.45) is 0 Å². The Kier molecular flexibility index (Phi) is 1.69. The first-order valence-corrected chi connectivity index (χ1v) is 4.45. The van der Waals surface area contributed by atoms with Crippen LogP contribution in [0, 0.1) is 6.92 Å².